The zero-order valence-corrected chi connectivity index (χ0v) is 10.1. The van der Waals surface area contributed by atoms with Gasteiger partial charge in [-0.3, -0.25) is 0 Å². The van der Waals surface area contributed by atoms with Gasteiger partial charge in [0.2, 0.25) is 0 Å². The summed E-state index contributed by atoms with van der Waals surface area (Å²) in [5.41, 5.74) is 10.3. The first-order valence-electron chi connectivity index (χ1n) is 5.76. The minimum Gasteiger partial charge on any atom is -0.399 e. The van der Waals surface area contributed by atoms with Crippen LogP contribution in [0.4, 0.5) is 10.1 Å². The summed E-state index contributed by atoms with van der Waals surface area (Å²) in [5.74, 6) is -0.169. The molecule has 0 saturated carbocycles. The number of nitrogens with two attached hydrogens (primary N) is 1. The van der Waals surface area contributed by atoms with Gasteiger partial charge in [0.25, 0.3) is 0 Å². The van der Waals surface area contributed by atoms with Crippen molar-refractivity contribution < 1.29 is 4.39 Å². The predicted octanol–water partition coefficient (Wildman–Crippen LogP) is 3.95. The lowest BCUT2D eigenvalue weighted by atomic mass is 10.00. The fourth-order valence-corrected chi connectivity index (χ4v) is 1.86. The van der Waals surface area contributed by atoms with E-state index in [2.05, 4.69) is 6.92 Å². The van der Waals surface area contributed by atoms with Gasteiger partial charge in [0, 0.05) is 5.69 Å². The first-order chi connectivity index (χ1) is 8.11. The Hall–Kier alpha value is -1.83. The number of benzene rings is 2. The molecule has 0 atom stereocenters. The van der Waals surface area contributed by atoms with E-state index in [4.69, 9.17) is 5.73 Å². The average molecular weight is 229 g/mol. The second-order valence-corrected chi connectivity index (χ2v) is 4.23. The van der Waals surface area contributed by atoms with Crippen molar-refractivity contribution in [1.82, 2.24) is 0 Å². The van der Waals surface area contributed by atoms with E-state index in [1.165, 1.54) is 0 Å². The lowest BCUT2D eigenvalue weighted by Gasteiger charge is -2.08. The molecule has 0 aliphatic carbocycles. The maximum Gasteiger partial charge on any atom is 0.126 e. The summed E-state index contributed by atoms with van der Waals surface area (Å²) in [6.07, 6.45) is 0.883. The first kappa shape index (κ1) is 11.6. The molecule has 0 spiro atoms. The molecule has 88 valence electrons. The molecule has 0 saturated heterocycles. The second kappa shape index (κ2) is 4.58. The van der Waals surface area contributed by atoms with Crippen molar-refractivity contribution >= 4 is 5.69 Å². The van der Waals surface area contributed by atoms with Crippen molar-refractivity contribution in [2.45, 2.75) is 20.3 Å². The minimum atomic E-state index is -0.169. The minimum absolute atomic E-state index is 0.169. The van der Waals surface area contributed by atoms with Crippen LogP contribution in [-0.2, 0) is 6.42 Å². The van der Waals surface area contributed by atoms with Crippen LogP contribution in [0.25, 0.3) is 11.1 Å². The van der Waals surface area contributed by atoms with Gasteiger partial charge in [0.15, 0.2) is 0 Å². The second-order valence-electron chi connectivity index (χ2n) is 4.23. The molecule has 2 rings (SSSR count). The summed E-state index contributed by atoms with van der Waals surface area (Å²) >= 11 is 0. The Morgan fingerprint density at radius 2 is 1.71 bits per heavy atom. The smallest absolute Gasteiger partial charge is 0.126 e. The normalized spacial score (nSPS) is 10.5. The van der Waals surface area contributed by atoms with Gasteiger partial charge in [0.05, 0.1) is 0 Å². The molecule has 2 aromatic carbocycles. The van der Waals surface area contributed by atoms with Crippen molar-refractivity contribution in [1.29, 1.82) is 0 Å². The molecule has 2 aromatic rings. The maximum atomic E-state index is 13.5. The summed E-state index contributed by atoms with van der Waals surface area (Å²) in [7, 11) is 0. The molecule has 0 aliphatic rings. The number of hydrogen-bond acceptors (Lipinski definition) is 1. The molecule has 0 aliphatic heterocycles. The summed E-state index contributed by atoms with van der Waals surface area (Å²) in [5, 5.41) is 0. The summed E-state index contributed by atoms with van der Waals surface area (Å²) in [4.78, 5) is 0. The predicted molar refractivity (Wildman–Crippen MR) is 70.4 cm³/mol. The van der Waals surface area contributed by atoms with Crippen molar-refractivity contribution in [3.05, 3.63) is 53.3 Å². The van der Waals surface area contributed by atoms with Gasteiger partial charge >= 0.3 is 0 Å². The number of hydrogen-bond donors (Lipinski definition) is 1. The van der Waals surface area contributed by atoms with Crippen LogP contribution < -0.4 is 5.73 Å². The van der Waals surface area contributed by atoms with Crippen molar-refractivity contribution in [2.24, 2.45) is 0 Å². The van der Waals surface area contributed by atoms with E-state index in [1.807, 2.05) is 24.3 Å². The third-order valence-corrected chi connectivity index (χ3v) is 3.03. The van der Waals surface area contributed by atoms with E-state index in [0.717, 1.165) is 28.8 Å². The number of anilines is 1. The van der Waals surface area contributed by atoms with E-state index in [0.29, 0.717) is 5.56 Å². The molecule has 1 nitrogen and oxygen atoms in total. The highest BCUT2D eigenvalue weighted by molar-refractivity contribution is 5.68. The molecule has 0 radical (unpaired) electrons. The Balaban J connectivity index is 2.49. The van der Waals surface area contributed by atoms with Crippen LogP contribution in [0, 0.1) is 12.7 Å². The Labute approximate surface area is 101 Å². The van der Waals surface area contributed by atoms with Crippen LogP contribution in [0.15, 0.2) is 36.4 Å². The Morgan fingerprint density at radius 3 is 2.35 bits per heavy atom. The lowest BCUT2D eigenvalue weighted by Crippen LogP contribution is -1.93. The summed E-state index contributed by atoms with van der Waals surface area (Å²) in [6, 6.07) is 11.1. The number of aryl methyl sites for hydroxylation is 2. The van der Waals surface area contributed by atoms with Crippen molar-refractivity contribution in [2.75, 3.05) is 5.73 Å². The molecule has 2 heteroatoms. The molecule has 0 fully saturated rings. The van der Waals surface area contributed by atoms with Crippen molar-refractivity contribution in [3.63, 3.8) is 0 Å². The maximum absolute atomic E-state index is 13.5. The summed E-state index contributed by atoms with van der Waals surface area (Å²) < 4.78 is 13.5. The first-order valence-corrected chi connectivity index (χ1v) is 5.76. The third-order valence-electron chi connectivity index (χ3n) is 3.03. The van der Waals surface area contributed by atoms with E-state index in [9.17, 15) is 4.39 Å². The van der Waals surface area contributed by atoms with Crippen LogP contribution in [0.2, 0.25) is 0 Å². The van der Waals surface area contributed by atoms with Crippen LogP contribution in [0.5, 0.6) is 0 Å². The van der Waals surface area contributed by atoms with Gasteiger partial charge in [-0.15, -0.1) is 0 Å². The molecule has 0 bridgehead atoms. The highest BCUT2D eigenvalue weighted by Gasteiger charge is 2.04. The zero-order valence-electron chi connectivity index (χ0n) is 10.1. The van der Waals surface area contributed by atoms with Gasteiger partial charge in [-0.2, -0.15) is 0 Å². The van der Waals surface area contributed by atoms with Gasteiger partial charge < -0.3 is 5.73 Å². The molecular weight excluding hydrogens is 213 g/mol. The van der Waals surface area contributed by atoms with E-state index in [1.54, 1.807) is 19.1 Å². The van der Waals surface area contributed by atoms with Crippen LogP contribution in [0.3, 0.4) is 0 Å². The van der Waals surface area contributed by atoms with Gasteiger partial charge in [0.1, 0.15) is 5.82 Å². The topological polar surface area (TPSA) is 26.0 Å². The highest BCUT2D eigenvalue weighted by Crippen LogP contribution is 2.25. The fraction of sp³-hybridized carbons (Fsp3) is 0.200. The third kappa shape index (κ3) is 2.31. The Morgan fingerprint density at radius 1 is 1.06 bits per heavy atom. The van der Waals surface area contributed by atoms with Gasteiger partial charge in [-0.25, -0.2) is 4.39 Å². The molecule has 2 N–H and O–H groups in total. The molecular formula is C15H16FN. The number of nitrogen functional groups attached to an aromatic ring is 1. The summed E-state index contributed by atoms with van der Waals surface area (Å²) in [6.45, 7) is 3.82. The molecule has 0 aromatic heterocycles. The van der Waals surface area contributed by atoms with E-state index < -0.39 is 0 Å². The fourth-order valence-electron chi connectivity index (χ4n) is 1.86. The molecule has 0 unspecified atom stereocenters. The number of rotatable bonds is 2. The Bertz CT molecular complexity index is 547. The van der Waals surface area contributed by atoms with E-state index >= 15 is 0 Å². The van der Waals surface area contributed by atoms with Gasteiger partial charge in [-0.1, -0.05) is 25.1 Å². The van der Waals surface area contributed by atoms with Crippen LogP contribution in [-0.4, -0.2) is 0 Å². The zero-order chi connectivity index (χ0) is 12.4. The largest absolute Gasteiger partial charge is 0.399 e. The SMILES string of the molecule is CCc1cc(-c2ccc(C)c(F)c2)ccc1N. The lowest BCUT2D eigenvalue weighted by molar-refractivity contribution is 0.619. The van der Waals surface area contributed by atoms with Gasteiger partial charge in [-0.05, 0) is 53.8 Å². The standard InChI is InChI=1S/C15H16FN/c1-3-11-8-12(6-7-15(11)17)13-5-4-10(2)14(16)9-13/h4-9H,3,17H2,1-2H3. The van der Waals surface area contributed by atoms with Crippen LogP contribution >= 0.6 is 0 Å². The van der Waals surface area contributed by atoms with Crippen LogP contribution in [0.1, 0.15) is 18.1 Å². The average Bonchev–Trinajstić information content (AvgIpc) is 2.33. The highest BCUT2D eigenvalue weighted by atomic mass is 19.1. The Kier molecular flexibility index (Phi) is 3.14. The van der Waals surface area contributed by atoms with E-state index in [-0.39, 0.29) is 5.82 Å². The van der Waals surface area contributed by atoms with Crippen molar-refractivity contribution in [3.8, 4) is 11.1 Å². The molecule has 17 heavy (non-hydrogen) atoms. The quantitative estimate of drug-likeness (QED) is 0.775. The monoisotopic (exact) mass is 229 g/mol. The molecule has 0 amide bonds. The number of halogens is 1. The molecule has 0 heterocycles.